The number of hydrogen-bond acceptors (Lipinski definition) is 2. The molecule has 4 nitrogen and oxygen atoms in total. The van der Waals surface area contributed by atoms with E-state index in [9.17, 15) is 4.79 Å². The van der Waals surface area contributed by atoms with Crippen molar-refractivity contribution < 1.29 is 0 Å². The predicted molar refractivity (Wildman–Crippen MR) is 76.0 cm³/mol. The lowest BCUT2D eigenvalue weighted by molar-refractivity contribution is 1.00. The molecule has 1 aliphatic carbocycles. The van der Waals surface area contributed by atoms with Crippen LogP contribution in [0.4, 0.5) is 0 Å². The monoisotopic (exact) mass is 273 g/mol. The summed E-state index contributed by atoms with van der Waals surface area (Å²) in [5.41, 5.74) is 6.02. The average molecular weight is 274 g/mol. The van der Waals surface area contributed by atoms with Crippen LogP contribution in [0.25, 0.3) is 16.9 Å². The number of hydrogen-bond donors (Lipinski definition) is 1. The van der Waals surface area contributed by atoms with Crippen LogP contribution in [0.1, 0.15) is 16.8 Å². The molecular weight excluding hydrogens is 262 g/mol. The topological polar surface area (TPSA) is 50.2 Å². The summed E-state index contributed by atoms with van der Waals surface area (Å²) in [5.74, 6) is 0. The molecule has 0 amide bonds. The molecule has 0 saturated carbocycles. The van der Waals surface area contributed by atoms with Crippen LogP contribution >= 0.6 is 12.4 Å². The highest BCUT2D eigenvalue weighted by Crippen LogP contribution is 2.34. The van der Waals surface area contributed by atoms with Gasteiger partial charge in [0.05, 0.1) is 11.4 Å². The number of H-pyrrole nitrogens is 1. The fourth-order valence-corrected chi connectivity index (χ4v) is 2.74. The Kier molecular flexibility index (Phi) is 2.50. The van der Waals surface area contributed by atoms with E-state index >= 15 is 0 Å². The first-order chi connectivity index (χ1) is 8.74. The average Bonchev–Trinajstić information content (AvgIpc) is 2.93. The van der Waals surface area contributed by atoms with E-state index < -0.39 is 0 Å². The molecule has 3 aromatic rings. The number of imidazole rings is 1. The predicted octanol–water partition coefficient (Wildman–Crippen LogP) is 2.32. The fraction of sp³-hybridized carbons (Fsp3) is 0.143. The van der Waals surface area contributed by atoms with Crippen LogP contribution in [0, 0.1) is 6.92 Å². The lowest BCUT2D eigenvalue weighted by Gasteiger charge is -2.03. The molecule has 0 fully saturated rings. The van der Waals surface area contributed by atoms with Gasteiger partial charge in [0.15, 0.2) is 0 Å². The maximum Gasteiger partial charge on any atom is 0.292 e. The van der Waals surface area contributed by atoms with Crippen molar-refractivity contribution in [2.24, 2.45) is 0 Å². The number of benzene rings is 1. The van der Waals surface area contributed by atoms with Crippen LogP contribution in [0.5, 0.6) is 0 Å². The van der Waals surface area contributed by atoms with Crippen molar-refractivity contribution in [3.05, 3.63) is 57.8 Å². The Balaban J connectivity index is 0.00000110. The van der Waals surface area contributed by atoms with E-state index in [1.165, 1.54) is 11.1 Å². The first kappa shape index (κ1) is 12.0. The lowest BCUT2D eigenvalue weighted by Crippen LogP contribution is -2.13. The van der Waals surface area contributed by atoms with Gasteiger partial charge in [0.25, 0.3) is 5.56 Å². The summed E-state index contributed by atoms with van der Waals surface area (Å²) in [4.78, 5) is 19.0. The van der Waals surface area contributed by atoms with E-state index in [-0.39, 0.29) is 18.0 Å². The second-order valence-corrected chi connectivity index (χ2v) is 4.73. The minimum Gasteiger partial charge on any atom is -0.317 e. The van der Waals surface area contributed by atoms with Crippen molar-refractivity contribution >= 4 is 18.1 Å². The summed E-state index contributed by atoms with van der Waals surface area (Å²) in [6.07, 6.45) is 4.36. The summed E-state index contributed by atoms with van der Waals surface area (Å²) in [5, 5.41) is 0. The molecule has 0 spiro atoms. The smallest absolute Gasteiger partial charge is 0.292 e. The number of fused-ring (bicyclic) bond motifs is 5. The van der Waals surface area contributed by atoms with Crippen LogP contribution in [0.2, 0.25) is 0 Å². The zero-order valence-electron chi connectivity index (χ0n) is 10.3. The third-order valence-electron chi connectivity index (χ3n) is 3.55. The summed E-state index contributed by atoms with van der Waals surface area (Å²) < 4.78 is 1.89. The zero-order chi connectivity index (χ0) is 12.3. The van der Waals surface area contributed by atoms with Crippen molar-refractivity contribution in [2.75, 3.05) is 0 Å². The maximum atomic E-state index is 11.9. The van der Waals surface area contributed by atoms with E-state index in [4.69, 9.17) is 0 Å². The third-order valence-corrected chi connectivity index (χ3v) is 3.55. The summed E-state index contributed by atoms with van der Waals surface area (Å²) in [6.45, 7) is 2.08. The molecule has 4 rings (SSSR count). The molecule has 0 radical (unpaired) electrons. The van der Waals surface area contributed by atoms with E-state index in [1.807, 2.05) is 10.6 Å². The van der Waals surface area contributed by atoms with Gasteiger partial charge in [-0.15, -0.1) is 12.4 Å². The van der Waals surface area contributed by atoms with Crippen molar-refractivity contribution in [3.8, 4) is 11.3 Å². The van der Waals surface area contributed by atoms with Crippen LogP contribution in [0.15, 0.2) is 35.4 Å². The Morgan fingerprint density at radius 3 is 3.05 bits per heavy atom. The molecule has 0 bridgehead atoms. The Labute approximate surface area is 115 Å². The molecule has 1 N–H and O–H groups in total. The first-order valence-corrected chi connectivity index (χ1v) is 5.92. The molecule has 1 aromatic carbocycles. The van der Waals surface area contributed by atoms with Gasteiger partial charge in [0.1, 0.15) is 0 Å². The van der Waals surface area contributed by atoms with Gasteiger partial charge < -0.3 is 4.98 Å². The molecule has 0 aliphatic heterocycles. The molecule has 0 unspecified atom stereocenters. The number of nitrogens with zero attached hydrogens (tertiary/aromatic N) is 2. The highest BCUT2D eigenvalue weighted by Gasteiger charge is 2.22. The normalized spacial score (nSPS) is 12.1. The number of aromatic amines is 1. The van der Waals surface area contributed by atoms with Crippen LogP contribution in [-0.4, -0.2) is 14.4 Å². The van der Waals surface area contributed by atoms with Gasteiger partial charge in [-0.05, 0) is 12.5 Å². The van der Waals surface area contributed by atoms with Gasteiger partial charge >= 0.3 is 0 Å². The van der Waals surface area contributed by atoms with E-state index in [1.54, 1.807) is 6.20 Å². The Morgan fingerprint density at radius 2 is 2.21 bits per heavy atom. The van der Waals surface area contributed by atoms with Gasteiger partial charge in [0, 0.05) is 24.4 Å². The Morgan fingerprint density at radius 1 is 1.37 bits per heavy atom. The van der Waals surface area contributed by atoms with Crippen molar-refractivity contribution in [1.82, 2.24) is 14.4 Å². The minimum atomic E-state index is -0.132. The largest absolute Gasteiger partial charge is 0.317 e. The van der Waals surface area contributed by atoms with Gasteiger partial charge in [-0.25, -0.2) is 4.98 Å². The summed E-state index contributed by atoms with van der Waals surface area (Å²) in [6, 6.07) is 6.33. The quantitative estimate of drug-likeness (QED) is 0.535. The maximum absolute atomic E-state index is 11.9. The Hall–Kier alpha value is -2.07. The number of halogens is 1. The Bertz CT molecular complexity index is 848. The van der Waals surface area contributed by atoms with Crippen LogP contribution < -0.4 is 5.56 Å². The number of nitrogens with one attached hydrogen (secondary N) is 1. The number of rotatable bonds is 0. The number of aryl methyl sites for hydroxylation is 1. The van der Waals surface area contributed by atoms with Gasteiger partial charge in [0.2, 0.25) is 5.65 Å². The molecule has 0 atom stereocenters. The van der Waals surface area contributed by atoms with Gasteiger partial charge in [-0.1, -0.05) is 23.8 Å². The summed E-state index contributed by atoms with van der Waals surface area (Å²) >= 11 is 0. The van der Waals surface area contributed by atoms with E-state index in [0.29, 0.717) is 5.65 Å². The molecule has 0 saturated heterocycles. The fourth-order valence-electron chi connectivity index (χ4n) is 2.74. The second kappa shape index (κ2) is 3.96. The molecule has 2 aromatic heterocycles. The molecular formula is C14H12ClN3O. The molecule has 5 heteroatoms. The highest BCUT2D eigenvalue weighted by molar-refractivity contribution is 5.85. The standard InChI is InChI=1S/C14H11N3O.ClH/c1-8-2-3-10-9(6-8)7-11-12(10)16-14(18)13-15-4-5-17(11)13;/h2-6H,7H2,1H3,(H,16,18);1H. The van der Waals surface area contributed by atoms with Crippen molar-refractivity contribution in [3.63, 3.8) is 0 Å². The molecule has 1 aliphatic rings. The zero-order valence-corrected chi connectivity index (χ0v) is 11.1. The van der Waals surface area contributed by atoms with Crippen molar-refractivity contribution in [2.45, 2.75) is 13.3 Å². The SMILES string of the molecule is Cc1ccc2c(c1)Cc1c-2[nH]c(=O)c2nccn12.Cl. The molecule has 19 heavy (non-hydrogen) atoms. The second-order valence-electron chi connectivity index (χ2n) is 4.73. The van der Waals surface area contributed by atoms with E-state index in [0.717, 1.165) is 23.4 Å². The highest BCUT2D eigenvalue weighted by atomic mass is 35.5. The van der Waals surface area contributed by atoms with Gasteiger partial charge in [-0.2, -0.15) is 0 Å². The lowest BCUT2D eigenvalue weighted by atomic mass is 10.1. The van der Waals surface area contributed by atoms with Crippen molar-refractivity contribution in [1.29, 1.82) is 0 Å². The van der Waals surface area contributed by atoms with E-state index in [2.05, 4.69) is 35.1 Å². The van der Waals surface area contributed by atoms with Gasteiger partial charge in [-0.3, -0.25) is 9.20 Å². The van der Waals surface area contributed by atoms with Crippen LogP contribution in [-0.2, 0) is 6.42 Å². The van der Waals surface area contributed by atoms with Crippen LogP contribution in [0.3, 0.4) is 0 Å². The molecule has 96 valence electrons. The third kappa shape index (κ3) is 1.53. The first-order valence-electron chi connectivity index (χ1n) is 5.92. The summed E-state index contributed by atoms with van der Waals surface area (Å²) in [7, 11) is 0. The molecule has 2 heterocycles. The minimum absolute atomic E-state index is 0. The number of aromatic nitrogens is 3.